The molecule has 1 aromatic carbocycles. The Morgan fingerprint density at radius 3 is 2.73 bits per heavy atom. The normalized spacial score (nSPS) is 12.1. The first-order valence-electron chi connectivity index (χ1n) is 6.89. The maximum absolute atomic E-state index is 12.9. The monoisotopic (exact) mass is 323 g/mol. The molecule has 22 heavy (non-hydrogen) atoms. The van der Waals surface area contributed by atoms with Gasteiger partial charge in [-0.1, -0.05) is 23.9 Å². The van der Waals surface area contributed by atoms with Crippen LogP contribution in [0.4, 0.5) is 4.39 Å². The van der Waals surface area contributed by atoms with Gasteiger partial charge in [-0.05, 0) is 31.5 Å². The molecule has 0 bridgehead atoms. The quantitative estimate of drug-likeness (QED) is 0.619. The number of nitrogen functional groups attached to an aromatic ring is 1. The van der Waals surface area contributed by atoms with E-state index in [0.717, 1.165) is 5.56 Å². The van der Waals surface area contributed by atoms with E-state index in [1.165, 1.54) is 28.6 Å². The molecule has 2 aromatic rings. The molecule has 8 heteroatoms. The lowest BCUT2D eigenvalue weighted by molar-refractivity contribution is -0.120. The smallest absolute Gasteiger partial charge is 0.233 e. The maximum atomic E-state index is 12.9. The Balaban J connectivity index is 2.05. The van der Waals surface area contributed by atoms with Crippen LogP contribution in [0.1, 0.15) is 25.2 Å². The molecule has 1 aromatic heterocycles. The summed E-state index contributed by atoms with van der Waals surface area (Å²) in [7, 11) is 0. The molecule has 118 valence electrons. The maximum Gasteiger partial charge on any atom is 0.233 e. The van der Waals surface area contributed by atoms with Crippen molar-refractivity contribution in [3.05, 3.63) is 41.5 Å². The van der Waals surface area contributed by atoms with Gasteiger partial charge in [0, 0.05) is 13.0 Å². The zero-order valence-electron chi connectivity index (χ0n) is 12.4. The van der Waals surface area contributed by atoms with Crippen LogP contribution >= 0.6 is 11.8 Å². The first-order valence-corrected chi connectivity index (χ1v) is 7.77. The average Bonchev–Trinajstić information content (AvgIpc) is 2.83. The van der Waals surface area contributed by atoms with E-state index in [-0.39, 0.29) is 17.0 Å². The zero-order chi connectivity index (χ0) is 16.1. The van der Waals surface area contributed by atoms with Gasteiger partial charge in [0.25, 0.3) is 0 Å². The largest absolute Gasteiger partial charge is 0.355 e. The van der Waals surface area contributed by atoms with Crippen LogP contribution in [0.3, 0.4) is 0 Å². The van der Waals surface area contributed by atoms with Crippen molar-refractivity contribution in [3.8, 4) is 0 Å². The Morgan fingerprint density at radius 1 is 1.41 bits per heavy atom. The molecule has 1 atom stereocenters. The van der Waals surface area contributed by atoms with Crippen LogP contribution < -0.4 is 11.2 Å². The summed E-state index contributed by atoms with van der Waals surface area (Å²) in [5.41, 5.74) is 0.883. The first-order chi connectivity index (χ1) is 10.5. The molecule has 0 radical (unpaired) electrons. The van der Waals surface area contributed by atoms with Crippen LogP contribution in [-0.2, 0) is 11.2 Å². The zero-order valence-corrected chi connectivity index (χ0v) is 13.2. The van der Waals surface area contributed by atoms with Crippen molar-refractivity contribution in [2.75, 3.05) is 12.4 Å². The highest BCUT2D eigenvalue weighted by atomic mass is 32.2. The Bertz CT molecular complexity index is 643. The van der Waals surface area contributed by atoms with Crippen LogP contribution in [-0.4, -0.2) is 32.6 Å². The summed E-state index contributed by atoms with van der Waals surface area (Å²) in [6.07, 6.45) is 0.444. The number of nitrogens with one attached hydrogen (secondary N) is 1. The number of hydrogen-bond acceptors (Lipinski definition) is 5. The third-order valence-electron chi connectivity index (χ3n) is 3.01. The van der Waals surface area contributed by atoms with Crippen molar-refractivity contribution in [1.82, 2.24) is 20.2 Å². The van der Waals surface area contributed by atoms with Gasteiger partial charge in [0.15, 0.2) is 5.82 Å². The molecular formula is C14H18FN5OS. The molecule has 0 aliphatic heterocycles. The minimum Gasteiger partial charge on any atom is -0.355 e. The molecule has 6 nitrogen and oxygen atoms in total. The second-order valence-corrected chi connectivity index (χ2v) is 6.03. The van der Waals surface area contributed by atoms with Crippen LogP contribution in [0.25, 0.3) is 0 Å². The number of aromatic nitrogens is 3. The summed E-state index contributed by atoms with van der Waals surface area (Å²) in [6, 6.07) is 6.13. The van der Waals surface area contributed by atoms with E-state index >= 15 is 0 Å². The minimum atomic E-state index is -0.315. The number of halogens is 1. The molecule has 0 unspecified atom stereocenters. The minimum absolute atomic E-state index is 0.0735. The van der Waals surface area contributed by atoms with Gasteiger partial charge in [-0.15, -0.1) is 10.2 Å². The van der Waals surface area contributed by atoms with Gasteiger partial charge in [0.2, 0.25) is 11.1 Å². The Morgan fingerprint density at radius 2 is 2.09 bits per heavy atom. The van der Waals surface area contributed by atoms with Gasteiger partial charge < -0.3 is 11.2 Å². The lowest BCUT2D eigenvalue weighted by Gasteiger charge is -2.10. The fourth-order valence-corrected chi connectivity index (χ4v) is 2.64. The van der Waals surface area contributed by atoms with Crippen molar-refractivity contribution in [2.24, 2.45) is 0 Å². The summed E-state index contributed by atoms with van der Waals surface area (Å²) < 4.78 is 14.3. The average molecular weight is 323 g/mol. The third kappa shape index (κ3) is 3.97. The standard InChI is InChI=1S/C14H18FN5OS/c1-3-17-13(21)9(2)22-14-19-18-12(20(14)16)8-10-4-6-11(15)7-5-10/h4-7,9H,3,8,16H2,1-2H3,(H,17,21)/t9-/m1/s1. The van der Waals surface area contributed by atoms with Crippen LogP contribution in [0.5, 0.6) is 0 Å². The molecule has 3 N–H and O–H groups in total. The molecule has 1 heterocycles. The molecule has 0 fully saturated rings. The predicted molar refractivity (Wildman–Crippen MR) is 83.4 cm³/mol. The van der Waals surface area contributed by atoms with Gasteiger partial charge in [0.1, 0.15) is 5.82 Å². The van der Waals surface area contributed by atoms with Crippen molar-refractivity contribution in [2.45, 2.75) is 30.7 Å². The summed E-state index contributed by atoms with van der Waals surface area (Å²) in [6.45, 7) is 4.22. The van der Waals surface area contributed by atoms with Gasteiger partial charge in [0.05, 0.1) is 5.25 Å². The second kappa shape index (κ2) is 7.26. The van der Waals surface area contributed by atoms with Crippen molar-refractivity contribution in [3.63, 3.8) is 0 Å². The molecule has 0 aliphatic rings. The van der Waals surface area contributed by atoms with Crippen LogP contribution in [0.15, 0.2) is 29.4 Å². The molecule has 2 rings (SSSR count). The van der Waals surface area contributed by atoms with E-state index in [1.54, 1.807) is 19.1 Å². The van der Waals surface area contributed by atoms with E-state index in [1.807, 2.05) is 6.92 Å². The molecular weight excluding hydrogens is 305 g/mol. The molecule has 0 spiro atoms. The van der Waals surface area contributed by atoms with Crippen molar-refractivity contribution in [1.29, 1.82) is 0 Å². The number of carbonyl (C=O) groups is 1. The summed E-state index contributed by atoms with van der Waals surface area (Å²) in [4.78, 5) is 11.7. The fraction of sp³-hybridized carbons (Fsp3) is 0.357. The predicted octanol–water partition coefficient (Wildman–Crippen LogP) is 1.34. The molecule has 0 saturated carbocycles. The summed E-state index contributed by atoms with van der Waals surface area (Å²) >= 11 is 1.24. The number of amides is 1. The van der Waals surface area contributed by atoms with Crippen molar-refractivity contribution < 1.29 is 9.18 Å². The number of benzene rings is 1. The Labute approximate surface area is 132 Å². The van der Waals surface area contributed by atoms with Gasteiger partial charge in [-0.3, -0.25) is 4.79 Å². The number of nitrogens with two attached hydrogens (primary N) is 1. The molecule has 0 aliphatic carbocycles. The molecule has 1 amide bonds. The van der Waals surface area contributed by atoms with E-state index in [9.17, 15) is 9.18 Å². The van der Waals surface area contributed by atoms with E-state index < -0.39 is 0 Å². The highest BCUT2D eigenvalue weighted by Gasteiger charge is 2.18. The SMILES string of the molecule is CCNC(=O)[C@@H](C)Sc1nnc(Cc2ccc(F)cc2)n1N. The Hall–Kier alpha value is -2.09. The van der Waals surface area contributed by atoms with Gasteiger partial charge in [-0.25, -0.2) is 9.07 Å². The summed E-state index contributed by atoms with van der Waals surface area (Å²) in [5, 5.41) is 10.9. The topological polar surface area (TPSA) is 85.8 Å². The molecule has 0 saturated heterocycles. The third-order valence-corrected chi connectivity index (χ3v) is 4.07. The van der Waals surface area contributed by atoms with E-state index in [2.05, 4.69) is 15.5 Å². The van der Waals surface area contributed by atoms with Crippen molar-refractivity contribution >= 4 is 17.7 Å². The highest BCUT2D eigenvalue weighted by Crippen LogP contribution is 2.21. The fourth-order valence-electron chi connectivity index (χ4n) is 1.82. The van der Waals surface area contributed by atoms with Crippen LogP contribution in [0.2, 0.25) is 0 Å². The number of hydrogen-bond donors (Lipinski definition) is 2. The number of thioether (sulfide) groups is 1. The first kappa shape index (κ1) is 16.3. The van der Waals surface area contributed by atoms with E-state index in [4.69, 9.17) is 5.84 Å². The second-order valence-electron chi connectivity index (χ2n) is 4.73. The number of carbonyl (C=O) groups excluding carboxylic acids is 1. The highest BCUT2D eigenvalue weighted by molar-refractivity contribution is 8.00. The van der Waals surface area contributed by atoms with Crippen LogP contribution in [0, 0.1) is 5.82 Å². The Kier molecular flexibility index (Phi) is 5.37. The lowest BCUT2D eigenvalue weighted by Crippen LogP contribution is -2.31. The lowest BCUT2D eigenvalue weighted by atomic mass is 10.1. The number of rotatable bonds is 6. The summed E-state index contributed by atoms with van der Waals surface area (Å²) in [5.74, 6) is 6.16. The number of nitrogens with zero attached hydrogens (tertiary/aromatic N) is 3. The van der Waals surface area contributed by atoms with E-state index in [0.29, 0.717) is 23.9 Å². The van der Waals surface area contributed by atoms with Gasteiger partial charge >= 0.3 is 0 Å². The van der Waals surface area contributed by atoms with Gasteiger partial charge in [-0.2, -0.15) is 0 Å².